The first-order chi connectivity index (χ1) is 8.56. The minimum atomic E-state index is -1.07. The Morgan fingerprint density at radius 1 is 1.44 bits per heavy atom. The summed E-state index contributed by atoms with van der Waals surface area (Å²) in [7, 11) is 4.02. The van der Waals surface area contributed by atoms with Crippen molar-refractivity contribution in [2.75, 3.05) is 26.0 Å². The molecule has 100 valence electrons. The highest BCUT2D eigenvalue weighted by molar-refractivity contribution is 5.90. The second-order valence-electron chi connectivity index (χ2n) is 4.35. The molecule has 0 aliphatic heterocycles. The monoisotopic (exact) mass is 252 g/mol. The molecule has 0 saturated carbocycles. The van der Waals surface area contributed by atoms with E-state index in [1.54, 1.807) is 0 Å². The largest absolute Gasteiger partial charge is 0.476 e. The third kappa shape index (κ3) is 3.96. The highest BCUT2D eigenvalue weighted by atomic mass is 16.4. The fraction of sp³-hybridized carbons (Fsp3) is 0.583. The average Bonchev–Trinajstić information content (AvgIpc) is 2.34. The van der Waals surface area contributed by atoms with Gasteiger partial charge in [0.25, 0.3) is 0 Å². The quantitative estimate of drug-likeness (QED) is 0.762. The molecule has 0 spiro atoms. The van der Waals surface area contributed by atoms with Crippen LogP contribution in [0.25, 0.3) is 0 Å². The Bertz CT molecular complexity index is 395. The van der Waals surface area contributed by atoms with Crippen molar-refractivity contribution >= 4 is 11.8 Å². The number of carbonyl (C=O) groups is 1. The van der Waals surface area contributed by atoms with E-state index in [0.717, 1.165) is 12.8 Å². The zero-order chi connectivity index (χ0) is 13.5. The van der Waals surface area contributed by atoms with E-state index in [-0.39, 0.29) is 5.69 Å². The molecular formula is C12H20N4O2. The zero-order valence-corrected chi connectivity index (χ0v) is 11.1. The molecule has 6 nitrogen and oxygen atoms in total. The fourth-order valence-electron chi connectivity index (χ4n) is 1.71. The Hall–Kier alpha value is -1.69. The topological polar surface area (TPSA) is 78.3 Å². The molecule has 0 fully saturated rings. The van der Waals surface area contributed by atoms with Crippen LogP contribution in [0, 0.1) is 0 Å². The number of aromatic nitrogens is 2. The Morgan fingerprint density at radius 3 is 2.67 bits per heavy atom. The fourth-order valence-corrected chi connectivity index (χ4v) is 1.71. The molecule has 0 aliphatic rings. The number of anilines is 1. The maximum atomic E-state index is 11.0. The van der Waals surface area contributed by atoms with Gasteiger partial charge in [0.2, 0.25) is 0 Å². The third-order valence-electron chi connectivity index (χ3n) is 2.76. The number of hydrogen-bond donors (Lipinski definition) is 2. The predicted molar refractivity (Wildman–Crippen MR) is 69.9 cm³/mol. The van der Waals surface area contributed by atoms with Gasteiger partial charge in [-0.2, -0.15) is 0 Å². The van der Waals surface area contributed by atoms with Gasteiger partial charge in [-0.05, 0) is 20.5 Å². The van der Waals surface area contributed by atoms with E-state index in [0.29, 0.717) is 18.4 Å². The standard InChI is InChI=1S/C12H20N4O2/c1-4-5-9(16(2)3)8-15-11-10(12(17)18)13-6-7-14-11/h6-7,9H,4-5,8H2,1-3H3,(H,14,15)(H,17,18). The van der Waals surface area contributed by atoms with Gasteiger partial charge in [-0.25, -0.2) is 14.8 Å². The summed E-state index contributed by atoms with van der Waals surface area (Å²) in [5, 5.41) is 12.1. The Balaban J connectivity index is 2.70. The molecule has 1 rings (SSSR count). The number of hydrogen-bond acceptors (Lipinski definition) is 5. The molecule has 1 unspecified atom stereocenters. The normalized spacial score (nSPS) is 12.4. The van der Waals surface area contributed by atoms with Crippen LogP contribution in [-0.2, 0) is 0 Å². The highest BCUT2D eigenvalue weighted by Gasteiger charge is 2.15. The maximum Gasteiger partial charge on any atom is 0.358 e. The van der Waals surface area contributed by atoms with E-state index < -0.39 is 5.97 Å². The van der Waals surface area contributed by atoms with E-state index in [2.05, 4.69) is 27.1 Å². The first kappa shape index (κ1) is 14.4. The molecule has 2 N–H and O–H groups in total. The van der Waals surface area contributed by atoms with E-state index in [9.17, 15) is 4.79 Å². The van der Waals surface area contributed by atoms with Crippen molar-refractivity contribution in [3.63, 3.8) is 0 Å². The van der Waals surface area contributed by atoms with Crippen LogP contribution >= 0.6 is 0 Å². The smallest absolute Gasteiger partial charge is 0.358 e. The van der Waals surface area contributed by atoms with Crippen molar-refractivity contribution < 1.29 is 9.90 Å². The van der Waals surface area contributed by atoms with Crippen LogP contribution in [0.5, 0.6) is 0 Å². The van der Waals surface area contributed by atoms with Crippen LogP contribution in [0.3, 0.4) is 0 Å². The van der Waals surface area contributed by atoms with Gasteiger partial charge >= 0.3 is 5.97 Å². The number of carboxylic acids is 1. The minimum Gasteiger partial charge on any atom is -0.476 e. The van der Waals surface area contributed by atoms with Gasteiger partial charge in [0.15, 0.2) is 11.5 Å². The minimum absolute atomic E-state index is 0.0356. The summed E-state index contributed by atoms with van der Waals surface area (Å²) in [6.45, 7) is 2.78. The second kappa shape index (κ2) is 6.90. The van der Waals surface area contributed by atoms with E-state index >= 15 is 0 Å². The number of nitrogens with zero attached hydrogens (tertiary/aromatic N) is 3. The average molecular weight is 252 g/mol. The molecular weight excluding hydrogens is 232 g/mol. The molecule has 1 aromatic rings. The molecule has 0 saturated heterocycles. The summed E-state index contributed by atoms with van der Waals surface area (Å²) in [6, 6.07) is 0.346. The van der Waals surface area contributed by atoms with Gasteiger partial charge in [-0.15, -0.1) is 0 Å². The van der Waals surface area contributed by atoms with E-state index in [1.807, 2.05) is 14.1 Å². The lowest BCUT2D eigenvalue weighted by atomic mass is 10.1. The summed E-state index contributed by atoms with van der Waals surface area (Å²) in [4.78, 5) is 20.9. The molecule has 1 atom stereocenters. The molecule has 0 amide bonds. The van der Waals surface area contributed by atoms with Gasteiger partial charge in [0, 0.05) is 25.0 Å². The van der Waals surface area contributed by atoms with Crippen LogP contribution in [0.15, 0.2) is 12.4 Å². The summed E-state index contributed by atoms with van der Waals surface area (Å²) < 4.78 is 0. The first-order valence-corrected chi connectivity index (χ1v) is 6.00. The summed E-state index contributed by atoms with van der Waals surface area (Å²) >= 11 is 0. The first-order valence-electron chi connectivity index (χ1n) is 6.00. The summed E-state index contributed by atoms with van der Waals surface area (Å²) in [5.74, 6) is -0.740. The Morgan fingerprint density at radius 2 is 2.11 bits per heavy atom. The van der Waals surface area contributed by atoms with Crippen LogP contribution in [0.1, 0.15) is 30.3 Å². The second-order valence-corrected chi connectivity index (χ2v) is 4.35. The van der Waals surface area contributed by atoms with Gasteiger partial charge in [0.1, 0.15) is 0 Å². The molecule has 0 bridgehead atoms. The number of likely N-dealkylation sites (N-methyl/N-ethyl adjacent to an activating group) is 1. The van der Waals surface area contributed by atoms with Gasteiger partial charge in [-0.3, -0.25) is 0 Å². The van der Waals surface area contributed by atoms with Crippen LogP contribution in [0.4, 0.5) is 5.82 Å². The molecule has 0 aromatic carbocycles. The highest BCUT2D eigenvalue weighted by Crippen LogP contribution is 2.10. The van der Waals surface area contributed by atoms with Crippen molar-refractivity contribution in [3.05, 3.63) is 18.1 Å². The molecule has 1 aromatic heterocycles. The van der Waals surface area contributed by atoms with Crippen molar-refractivity contribution in [1.82, 2.24) is 14.9 Å². The number of nitrogens with one attached hydrogen (secondary N) is 1. The summed E-state index contributed by atoms with van der Waals surface area (Å²) in [6.07, 6.45) is 4.99. The third-order valence-corrected chi connectivity index (χ3v) is 2.76. The predicted octanol–water partition coefficient (Wildman–Crippen LogP) is 1.32. The maximum absolute atomic E-state index is 11.0. The van der Waals surface area contributed by atoms with E-state index in [4.69, 9.17) is 5.11 Å². The summed E-state index contributed by atoms with van der Waals surface area (Å²) in [5.41, 5.74) is -0.0356. The van der Waals surface area contributed by atoms with Crippen LogP contribution in [-0.4, -0.2) is 52.6 Å². The number of carboxylic acid groups (broad SMARTS) is 1. The molecule has 18 heavy (non-hydrogen) atoms. The van der Waals surface area contributed by atoms with Crippen molar-refractivity contribution in [2.45, 2.75) is 25.8 Å². The van der Waals surface area contributed by atoms with Crippen molar-refractivity contribution in [1.29, 1.82) is 0 Å². The molecule has 0 aliphatic carbocycles. The van der Waals surface area contributed by atoms with E-state index in [1.165, 1.54) is 12.4 Å². The number of aromatic carboxylic acids is 1. The SMILES string of the molecule is CCCC(CNc1nccnc1C(=O)O)N(C)C. The lowest BCUT2D eigenvalue weighted by molar-refractivity contribution is 0.0691. The molecule has 0 radical (unpaired) electrons. The molecule has 6 heteroatoms. The Labute approximate surface area is 107 Å². The Kier molecular flexibility index (Phi) is 5.51. The number of rotatable bonds is 7. The lowest BCUT2D eigenvalue weighted by Gasteiger charge is -2.24. The van der Waals surface area contributed by atoms with Gasteiger partial charge in [-0.1, -0.05) is 13.3 Å². The van der Waals surface area contributed by atoms with Gasteiger partial charge < -0.3 is 15.3 Å². The van der Waals surface area contributed by atoms with Crippen molar-refractivity contribution in [2.24, 2.45) is 0 Å². The lowest BCUT2D eigenvalue weighted by Crippen LogP contribution is -2.34. The van der Waals surface area contributed by atoms with Crippen LogP contribution < -0.4 is 5.32 Å². The zero-order valence-electron chi connectivity index (χ0n) is 11.1. The molecule has 1 heterocycles. The van der Waals surface area contributed by atoms with Crippen molar-refractivity contribution in [3.8, 4) is 0 Å². The van der Waals surface area contributed by atoms with Crippen LogP contribution in [0.2, 0.25) is 0 Å². The van der Waals surface area contributed by atoms with Gasteiger partial charge in [0.05, 0.1) is 0 Å².